The highest BCUT2D eigenvalue weighted by Crippen LogP contribution is 2.24. The molecule has 130 valence electrons. The van der Waals surface area contributed by atoms with Crippen LogP contribution in [0.15, 0.2) is 42.6 Å². The SMILES string of the molecule is CCc1nc2cc(C)ccn2c1C(=O)Nc1ccc(C(C)(C)C)cc1. The molecular formula is C21H25N3O. The van der Waals surface area contributed by atoms with Crippen molar-refractivity contribution in [1.29, 1.82) is 0 Å². The predicted octanol–water partition coefficient (Wildman–Crippen LogP) is 4.75. The van der Waals surface area contributed by atoms with Crippen LogP contribution in [-0.4, -0.2) is 15.3 Å². The lowest BCUT2D eigenvalue weighted by atomic mass is 9.87. The lowest BCUT2D eigenvalue weighted by Crippen LogP contribution is -2.17. The van der Waals surface area contributed by atoms with Gasteiger partial charge < -0.3 is 5.32 Å². The number of nitrogens with zero attached hydrogens (tertiary/aromatic N) is 2. The highest BCUT2D eigenvalue weighted by molar-refractivity contribution is 6.04. The zero-order valence-electron chi connectivity index (χ0n) is 15.6. The molecule has 0 atom stereocenters. The summed E-state index contributed by atoms with van der Waals surface area (Å²) in [4.78, 5) is 17.5. The van der Waals surface area contributed by atoms with Crippen molar-refractivity contribution in [2.75, 3.05) is 5.32 Å². The average Bonchev–Trinajstić information content (AvgIpc) is 2.92. The van der Waals surface area contributed by atoms with Crippen LogP contribution in [0.25, 0.3) is 5.65 Å². The van der Waals surface area contributed by atoms with E-state index in [4.69, 9.17) is 0 Å². The minimum Gasteiger partial charge on any atom is -0.321 e. The molecule has 0 aliphatic heterocycles. The first-order valence-electron chi connectivity index (χ1n) is 8.69. The van der Waals surface area contributed by atoms with Gasteiger partial charge in [-0.2, -0.15) is 0 Å². The summed E-state index contributed by atoms with van der Waals surface area (Å²) in [7, 11) is 0. The monoisotopic (exact) mass is 335 g/mol. The van der Waals surface area contributed by atoms with Gasteiger partial charge in [0, 0.05) is 11.9 Å². The normalized spacial score (nSPS) is 11.7. The second-order valence-corrected chi connectivity index (χ2v) is 7.47. The quantitative estimate of drug-likeness (QED) is 0.750. The molecule has 3 aromatic rings. The lowest BCUT2D eigenvalue weighted by molar-refractivity contribution is 0.102. The van der Waals surface area contributed by atoms with Gasteiger partial charge in [0.1, 0.15) is 11.3 Å². The molecule has 0 saturated heterocycles. The fourth-order valence-electron chi connectivity index (χ4n) is 2.93. The standard InChI is InChI=1S/C21H25N3O/c1-6-17-19(24-12-11-14(2)13-18(24)23-17)20(25)22-16-9-7-15(8-10-16)21(3,4)5/h7-13H,6H2,1-5H3,(H,22,25). The van der Waals surface area contributed by atoms with E-state index >= 15 is 0 Å². The van der Waals surface area contributed by atoms with E-state index in [1.54, 1.807) is 0 Å². The van der Waals surface area contributed by atoms with Crippen LogP contribution in [0, 0.1) is 6.92 Å². The number of rotatable bonds is 3. The minimum absolute atomic E-state index is 0.0947. The van der Waals surface area contributed by atoms with Crippen molar-refractivity contribution < 1.29 is 4.79 Å². The molecule has 0 unspecified atom stereocenters. The second-order valence-electron chi connectivity index (χ2n) is 7.47. The predicted molar refractivity (Wildman–Crippen MR) is 102 cm³/mol. The molecule has 3 rings (SSSR count). The van der Waals surface area contributed by atoms with E-state index < -0.39 is 0 Å². The molecule has 2 aromatic heterocycles. The number of pyridine rings is 1. The third-order valence-corrected chi connectivity index (χ3v) is 4.41. The molecule has 4 heteroatoms. The van der Waals surface area contributed by atoms with Crippen molar-refractivity contribution in [1.82, 2.24) is 9.38 Å². The molecule has 1 aromatic carbocycles. The summed E-state index contributed by atoms with van der Waals surface area (Å²) in [5.41, 5.74) is 5.49. The number of carbonyl (C=O) groups is 1. The van der Waals surface area contributed by atoms with Crippen LogP contribution < -0.4 is 5.32 Å². The maximum absolute atomic E-state index is 12.9. The van der Waals surface area contributed by atoms with E-state index in [0.717, 1.165) is 22.6 Å². The topological polar surface area (TPSA) is 46.4 Å². The first kappa shape index (κ1) is 17.2. The fraction of sp³-hybridized carbons (Fsp3) is 0.333. The average molecular weight is 335 g/mol. The largest absolute Gasteiger partial charge is 0.321 e. The highest BCUT2D eigenvalue weighted by Gasteiger charge is 2.19. The number of aryl methyl sites for hydroxylation is 2. The van der Waals surface area contributed by atoms with Gasteiger partial charge in [-0.1, -0.05) is 39.8 Å². The summed E-state index contributed by atoms with van der Waals surface area (Å²) in [6, 6.07) is 12.0. The van der Waals surface area contributed by atoms with Crippen molar-refractivity contribution in [3.63, 3.8) is 0 Å². The van der Waals surface area contributed by atoms with Crippen LogP contribution in [-0.2, 0) is 11.8 Å². The molecule has 0 aliphatic rings. The number of nitrogens with one attached hydrogen (secondary N) is 1. The maximum Gasteiger partial charge on any atom is 0.274 e. The molecule has 1 amide bonds. The number of hydrogen-bond acceptors (Lipinski definition) is 2. The van der Waals surface area contributed by atoms with Gasteiger partial charge in [-0.25, -0.2) is 4.98 Å². The van der Waals surface area contributed by atoms with Crippen molar-refractivity contribution >= 4 is 17.2 Å². The molecule has 0 aliphatic carbocycles. The van der Waals surface area contributed by atoms with Gasteiger partial charge in [0.15, 0.2) is 0 Å². The number of carbonyl (C=O) groups excluding carboxylic acids is 1. The van der Waals surface area contributed by atoms with E-state index in [-0.39, 0.29) is 11.3 Å². The molecule has 0 radical (unpaired) electrons. The first-order chi connectivity index (χ1) is 11.8. The summed E-state index contributed by atoms with van der Waals surface area (Å²) in [6.07, 6.45) is 2.63. The van der Waals surface area contributed by atoms with Gasteiger partial charge >= 0.3 is 0 Å². The van der Waals surface area contributed by atoms with Crippen LogP contribution in [0.1, 0.15) is 55.0 Å². The third kappa shape index (κ3) is 3.43. The van der Waals surface area contributed by atoms with Gasteiger partial charge in [-0.05, 0) is 54.2 Å². The second kappa shape index (κ2) is 6.36. The van der Waals surface area contributed by atoms with Crippen molar-refractivity contribution in [3.8, 4) is 0 Å². The smallest absolute Gasteiger partial charge is 0.274 e. The van der Waals surface area contributed by atoms with Crippen LogP contribution in [0.5, 0.6) is 0 Å². The maximum atomic E-state index is 12.9. The minimum atomic E-state index is -0.128. The van der Waals surface area contributed by atoms with E-state index in [9.17, 15) is 4.79 Å². The summed E-state index contributed by atoms with van der Waals surface area (Å²) < 4.78 is 1.87. The highest BCUT2D eigenvalue weighted by atomic mass is 16.2. The van der Waals surface area contributed by atoms with Crippen molar-refractivity contribution in [2.24, 2.45) is 0 Å². The Labute approximate surface area is 148 Å². The van der Waals surface area contributed by atoms with Crippen molar-refractivity contribution in [3.05, 3.63) is 65.1 Å². The number of benzene rings is 1. The number of aromatic nitrogens is 2. The molecule has 4 nitrogen and oxygen atoms in total. The van der Waals surface area contributed by atoms with E-state index in [2.05, 4.69) is 43.2 Å². The summed E-state index contributed by atoms with van der Waals surface area (Å²) >= 11 is 0. The Hall–Kier alpha value is -2.62. The Morgan fingerprint density at radius 2 is 1.84 bits per heavy atom. The van der Waals surface area contributed by atoms with Crippen LogP contribution in [0.2, 0.25) is 0 Å². The van der Waals surface area contributed by atoms with Gasteiger partial charge in [0.05, 0.1) is 5.69 Å². The zero-order valence-corrected chi connectivity index (χ0v) is 15.6. The number of imidazole rings is 1. The van der Waals surface area contributed by atoms with E-state index in [1.807, 2.05) is 48.7 Å². The molecule has 1 N–H and O–H groups in total. The van der Waals surface area contributed by atoms with Gasteiger partial charge in [-0.3, -0.25) is 9.20 Å². The Morgan fingerprint density at radius 3 is 2.44 bits per heavy atom. The Balaban J connectivity index is 1.92. The van der Waals surface area contributed by atoms with E-state index in [0.29, 0.717) is 12.1 Å². The lowest BCUT2D eigenvalue weighted by Gasteiger charge is -2.19. The molecular weight excluding hydrogens is 310 g/mol. The zero-order chi connectivity index (χ0) is 18.2. The first-order valence-corrected chi connectivity index (χ1v) is 8.69. The summed E-state index contributed by atoms with van der Waals surface area (Å²) in [5, 5.41) is 3.00. The number of amides is 1. The Kier molecular flexibility index (Phi) is 4.38. The molecule has 0 bridgehead atoms. The summed E-state index contributed by atoms with van der Waals surface area (Å²) in [5.74, 6) is -0.128. The molecule has 0 fully saturated rings. The van der Waals surface area contributed by atoms with Crippen molar-refractivity contribution in [2.45, 2.75) is 46.5 Å². The fourth-order valence-corrected chi connectivity index (χ4v) is 2.93. The van der Waals surface area contributed by atoms with E-state index in [1.165, 1.54) is 5.56 Å². The van der Waals surface area contributed by atoms with Crippen LogP contribution >= 0.6 is 0 Å². The number of fused-ring (bicyclic) bond motifs is 1. The molecule has 0 spiro atoms. The Bertz CT molecular complexity index is 915. The summed E-state index contributed by atoms with van der Waals surface area (Å²) in [6.45, 7) is 10.6. The number of hydrogen-bond donors (Lipinski definition) is 1. The molecule has 2 heterocycles. The van der Waals surface area contributed by atoms with Gasteiger partial charge in [-0.15, -0.1) is 0 Å². The number of anilines is 1. The molecule has 0 saturated carbocycles. The van der Waals surface area contributed by atoms with Crippen LogP contribution in [0.3, 0.4) is 0 Å². The third-order valence-electron chi connectivity index (χ3n) is 4.41. The molecule has 25 heavy (non-hydrogen) atoms. The van der Waals surface area contributed by atoms with Gasteiger partial charge in [0.25, 0.3) is 5.91 Å². The van der Waals surface area contributed by atoms with Crippen LogP contribution in [0.4, 0.5) is 5.69 Å². The Morgan fingerprint density at radius 1 is 1.16 bits per heavy atom. The van der Waals surface area contributed by atoms with Gasteiger partial charge in [0.2, 0.25) is 0 Å².